The average molecular weight is 435 g/mol. The molecule has 0 N–H and O–H groups in total. The minimum atomic E-state index is -0.410. The first-order valence-corrected chi connectivity index (χ1v) is 9.68. The molecule has 1 aromatic heterocycles. The van der Waals surface area contributed by atoms with Gasteiger partial charge in [-0.1, -0.05) is 39.8 Å². The lowest BCUT2D eigenvalue weighted by molar-refractivity contribution is 0.0686. The van der Waals surface area contributed by atoms with E-state index in [0.717, 1.165) is 21.5 Å². The molecule has 1 aliphatic heterocycles. The molecule has 0 unspecified atom stereocenters. The minimum Gasteiger partial charge on any atom is -0.496 e. The van der Waals surface area contributed by atoms with E-state index in [4.69, 9.17) is 18.6 Å². The largest absolute Gasteiger partial charge is 0.496 e. The highest BCUT2D eigenvalue weighted by molar-refractivity contribution is 9.10. The van der Waals surface area contributed by atoms with Crippen LogP contribution in [0.5, 0.6) is 17.2 Å². The summed E-state index contributed by atoms with van der Waals surface area (Å²) in [5.41, 5.74) is 1.04. The van der Waals surface area contributed by atoms with Gasteiger partial charge in [0, 0.05) is 15.8 Å². The quantitative estimate of drug-likeness (QED) is 0.541. The van der Waals surface area contributed by atoms with Gasteiger partial charge in [0.2, 0.25) is 6.10 Å². The van der Waals surface area contributed by atoms with Crippen LogP contribution in [0, 0.1) is 0 Å². The van der Waals surface area contributed by atoms with Crippen molar-refractivity contribution in [3.8, 4) is 17.2 Å². The van der Waals surface area contributed by atoms with E-state index in [1.54, 1.807) is 7.11 Å². The van der Waals surface area contributed by atoms with Gasteiger partial charge in [-0.2, -0.15) is 0 Å². The summed E-state index contributed by atoms with van der Waals surface area (Å²) in [5, 5.41) is 8.68. The molecule has 0 saturated carbocycles. The Bertz CT molecular complexity index is 918. The zero-order valence-corrected chi connectivity index (χ0v) is 16.2. The molecule has 26 heavy (non-hydrogen) atoms. The summed E-state index contributed by atoms with van der Waals surface area (Å²) in [6.07, 6.45) is -0.410. The number of fused-ring (bicyclic) bond motifs is 1. The number of thioether (sulfide) groups is 1. The lowest BCUT2D eigenvalue weighted by Gasteiger charge is -2.23. The Hall–Kier alpha value is -2.19. The van der Waals surface area contributed by atoms with Gasteiger partial charge >= 0.3 is 0 Å². The number of methoxy groups -OCH3 is 1. The second-order valence-electron chi connectivity index (χ2n) is 5.52. The van der Waals surface area contributed by atoms with Gasteiger partial charge < -0.3 is 18.6 Å². The van der Waals surface area contributed by atoms with Gasteiger partial charge in [0.1, 0.15) is 12.4 Å². The topological polar surface area (TPSA) is 66.6 Å². The van der Waals surface area contributed by atoms with Gasteiger partial charge in [-0.3, -0.25) is 0 Å². The number of benzene rings is 2. The Labute approximate surface area is 163 Å². The van der Waals surface area contributed by atoms with Crippen molar-refractivity contribution in [2.45, 2.75) is 17.1 Å². The summed E-state index contributed by atoms with van der Waals surface area (Å²) in [4.78, 5) is 0. The Balaban J connectivity index is 1.44. The summed E-state index contributed by atoms with van der Waals surface area (Å²) < 4.78 is 23.7. The molecule has 3 aromatic rings. The van der Waals surface area contributed by atoms with E-state index in [2.05, 4.69) is 26.1 Å². The summed E-state index contributed by atoms with van der Waals surface area (Å²) in [7, 11) is 1.65. The van der Waals surface area contributed by atoms with Gasteiger partial charge in [0.05, 0.1) is 7.11 Å². The number of halogens is 1. The standard InChI is InChI=1S/C18H15BrN2O4S/c1-22-13-7-6-12(19)8-11(13)10-26-18-21-20-17(25-18)16-9-23-14-4-2-3-5-15(14)24-16/h2-8,16H,9-10H2,1H3/t16-/m1/s1. The molecule has 1 atom stereocenters. The number of rotatable bonds is 5. The molecular weight excluding hydrogens is 420 g/mol. The van der Waals surface area contributed by atoms with E-state index in [9.17, 15) is 0 Å². The van der Waals surface area contributed by atoms with Crippen LogP contribution in [0.4, 0.5) is 0 Å². The van der Waals surface area contributed by atoms with E-state index in [-0.39, 0.29) is 0 Å². The van der Waals surface area contributed by atoms with E-state index in [1.807, 2.05) is 42.5 Å². The maximum absolute atomic E-state index is 5.89. The fourth-order valence-corrected chi connectivity index (χ4v) is 3.71. The van der Waals surface area contributed by atoms with Gasteiger partial charge in [0.15, 0.2) is 11.5 Å². The van der Waals surface area contributed by atoms with Crippen LogP contribution in [0.3, 0.4) is 0 Å². The smallest absolute Gasteiger partial charge is 0.277 e. The van der Waals surface area contributed by atoms with Crippen LogP contribution < -0.4 is 14.2 Å². The molecule has 0 amide bonds. The summed E-state index contributed by atoms with van der Waals surface area (Å²) >= 11 is 4.92. The second kappa shape index (κ2) is 7.59. The molecular formula is C18H15BrN2O4S. The molecule has 8 heteroatoms. The predicted octanol–water partition coefficient (Wildman–Crippen LogP) is 4.65. The van der Waals surface area contributed by atoms with Crippen LogP contribution in [0.2, 0.25) is 0 Å². The second-order valence-corrected chi connectivity index (χ2v) is 7.36. The van der Waals surface area contributed by atoms with Gasteiger partial charge in [-0.15, -0.1) is 10.2 Å². The molecule has 1 aliphatic rings. The number of hydrogen-bond acceptors (Lipinski definition) is 7. The highest BCUT2D eigenvalue weighted by Gasteiger charge is 2.27. The van der Waals surface area contributed by atoms with Crippen molar-refractivity contribution in [3.05, 3.63) is 58.4 Å². The van der Waals surface area contributed by atoms with Crippen molar-refractivity contribution in [3.63, 3.8) is 0 Å². The molecule has 0 fully saturated rings. The van der Waals surface area contributed by atoms with Gasteiger partial charge in [0.25, 0.3) is 11.1 Å². The van der Waals surface area contributed by atoms with Gasteiger partial charge in [-0.25, -0.2) is 0 Å². The Morgan fingerprint density at radius 2 is 2.04 bits per heavy atom. The maximum Gasteiger partial charge on any atom is 0.277 e. The van der Waals surface area contributed by atoms with Crippen LogP contribution in [-0.2, 0) is 5.75 Å². The molecule has 2 aromatic carbocycles. The van der Waals surface area contributed by atoms with E-state index >= 15 is 0 Å². The first-order valence-electron chi connectivity index (χ1n) is 7.90. The van der Waals surface area contributed by atoms with Crippen molar-refractivity contribution in [1.29, 1.82) is 0 Å². The van der Waals surface area contributed by atoms with Crippen molar-refractivity contribution in [2.75, 3.05) is 13.7 Å². The maximum atomic E-state index is 5.89. The van der Waals surface area contributed by atoms with Crippen LogP contribution >= 0.6 is 27.7 Å². The van der Waals surface area contributed by atoms with Crippen molar-refractivity contribution in [2.24, 2.45) is 0 Å². The zero-order valence-electron chi connectivity index (χ0n) is 13.8. The zero-order chi connectivity index (χ0) is 17.9. The summed E-state index contributed by atoms with van der Waals surface area (Å²) in [5.74, 6) is 3.27. The minimum absolute atomic E-state index is 0.336. The number of para-hydroxylation sites is 2. The predicted molar refractivity (Wildman–Crippen MR) is 99.9 cm³/mol. The normalized spacial score (nSPS) is 15.7. The molecule has 0 bridgehead atoms. The third kappa shape index (κ3) is 3.66. The first-order chi connectivity index (χ1) is 12.7. The van der Waals surface area contributed by atoms with Crippen LogP contribution in [0.15, 0.2) is 56.6 Å². The number of aromatic nitrogens is 2. The highest BCUT2D eigenvalue weighted by Crippen LogP contribution is 2.36. The third-order valence-electron chi connectivity index (χ3n) is 3.80. The molecule has 4 rings (SSSR count). The molecule has 0 radical (unpaired) electrons. The summed E-state index contributed by atoms with van der Waals surface area (Å²) in [6, 6.07) is 13.4. The number of nitrogens with zero attached hydrogens (tertiary/aromatic N) is 2. The number of hydrogen-bond donors (Lipinski definition) is 0. The van der Waals surface area contributed by atoms with E-state index < -0.39 is 6.10 Å². The molecule has 0 aliphatic carbocycles. The van der Waals surface area contributed by atoms with Crippen molar-refractivity contribution in [1.82, 2.24) is 10.2 Å². The molecule has 2 heterocycles. The molecule has 6 nitrogen and oxygen atoms in total. The van der Waals surface area contributed by atoms with Gasteiger partial charge in [-0.05, 0) is 30.3 Å². The SMILES string of the molecule is COc1ccc(Br)cc1CSc1nnc([C@H]2COc3ccccc3O2)o1. The molecule has 134 valence electrons. The van der Waals surface area contributed by atoms with E-state index in [1.165, 1.54) is 11.8 Å². The highest BCUT2D eigenvalue weighted by atomic mass is 79.9. The third-order valence-corrected chi connectivity index (χ3v) is 5.16. The molecule has 0 spiro atoms. The lowest BCUT2D eigenvalue weighted by Crippen LogP contribution is -2.21. The fraction of sp³-hybridized carbons (Fsp3) is 0.222. The van der Waals surface area contributed by atoms with Crippen molar-refractivity contribution >= 4 is 27.7 Å². The Kier molecular flexibility index (Phi) is 5.03. The fourth-order valence-electron chi connectivity index (χ4n) is 2.55. The molecule has 0 saturated heterocycles. The van der Waals surface area contributed by atoms with Crippen LogP contribution in [-0.4, -0.2) is 23.9 Å². The monoisotopic (exact) mass is 434 g/mol. The lowest BCUT2D eigenvalue weighted by atomic mass is 10.2. The average Bonchev–Trinajstić information content (AvgIpc) is 3.15. The van der Waals surface area contributed by atoms with E-state index in [0.29, 0.717) is 29.2 Å². The Morgan fingerprint density at radius 3 is 2.88 bits per heavy atom. The first kappa shape index (κ1) is 17.2. The van der Waals surface area contributed by atoms with Crippen LogP contribution in [0.1, 0.15) is 17.6 Å². The number of ether oxygens (including phenoxy) is 3. The Morgan fingerprint density at radius 1 is 1.19 bits per heavy atom. The van der Waals surface area contributed by atoms with Crippen LogP contribution in [0.25, 0.3) is 0 Å². The summed E-state index contributed by atoms with van der Waals surface area (Å²) in [6.45, 7) is 0.336. The van der Waals surface area contributed by atoms with Crippen molar-refractivity contribution < 1.29 is 18.6 Å².